The molecule has 0 bridgehead atoms. The van der Waals surface area contributed by atoms with Gasteiger partial charge in [-0.25, -0.2) is 4.99 Å². The molecule has 0 radical (unpaired) electrons. The lowest BCUT2D eigenvalue weighted by Gasteiger charge is -2.12. The Balaban J connectivity index is 1.66. The number of hydrogen-bond donors (Lipinski definition) is 2. The summed E-state index contributed by atoms with van der Waals surface area (Å²) < 4.78 is 11.6. The fraction of sp³-hybridized carbons (Fsp3) is 0.133. The summed E-state index contributed by atoms with van der Waals surface area (Å²) >= 11 is 0. The number of ether oxygens (including phenoxy) is 2. The molecule has 2 aromatic heterocycles. The number of aromatic amines is 1. The number of nitrogens with zero attached hydrogens (tertiary/aromatic N) is 2. The summed E-state index contributed by atoms with van der Waals surface area (Å²) in [7, 11) is 0. The van der Waals surface area contributed by atoms with Crippen molar-refractivity contribution in [3.05, 3.63) is 102 Å². The van der Waals surface area contributed by atoms with Gasteiger partial charge < -0.3 is 19.6 Å². The molecule has 0 amide bonds. The average molecular weight is 478 g/mol. The highest BCUT2D eigenvalue weighted by Crippen LogP contribution is 2.38. The van der Waals surface area contributed by atoms with Crippen LogP contribution in [0.15, 0.2) is 96.2 Å². The van der Waals surface area contributed by atoms with Gasteiger partial charge in [-0.1, -0.05) is 42.5 Å². The van der Waals surface area contributed by atoms with E-state index >= 15 is 0 Å². The minimum atomic E-state index is 0.0390. The van der Waals surface area contributed by atoms with Gasteiger partial charge in [-0.15, -0.1) is 0 Å². The summed E-state index contributed by atoms with van der Waals surface area (Å²) in [5.41, 5.74) is 5.84. The van der Waals surface area contributed by atoms with Gasteiger partial charge in [0.1, 0.15) is 0 Å². The molecule has 0 aliphatic carbocycles. The van der Waals surface area contributed by atoms with Gasteiger partial charge in [0, 0.05) is 29.4 Å². The summed E-state index contributed by atoms with van der Waals surface area (Å²) in [5.74, 6) is 1.29. The van der Waals surface area contributed by atoms with E-state index in [9.17, 15) is 5.11 Å². The summed E-state index contributed by atoms with van der Waals surface area (Å²) in [6, 6.07) is 25.6. The van der Waals surface area contributed by atoms with Crippen LogP contribution in [-0.2, 0) is 0 Å². The summed E-state index contributed by atoms with van der Waals surface area (Å²) in [6.07, 6.45) is 3.56. The lowest BCUT2D eigenvalue weighted by Crippen LogP contribution is -2.03. The molecule has 2 heterocycles. The van der Waals surface area contributed by atoms with Crippen LogP contribution in [-0.4, -0.2) is 34.0 Å². The number of aromatic hydroxyl groups is 1. The Kier molecular flexibility index (Phi) is 6.67. The van der Waals surface area contributed by atoms with E-state index in [2.05, 4.69) is 9.97 Å². The Morgan fingerprint density at radius 2 is 1.47 bits per heavy atom. The van der Waals surface area contributed by atoms with E-state index < -0.39 is 0 Å². The van der Waals surface area contributed by atoms with E-state index in [-0.39, 0.29) is 5.88 Å². The number of rotatable bonds is 8. The molecule has 2 N–H and O–H groups in total. The van der Waals surface area contributed by atoms with E-state index in [1.165, 1.54) is 0 Å². The maximum absolute atomic E-state index is 11.1. The molecule has 5 aromatic rings. The minimum Gasteiger partial charge on any atom is -0.494 e. The second kappa shape index (κ2) is 10.4. The molecule has 0 aliphatic rings. The van der Waals surface area contributed by atoms with Crippen LogP contribution < -0.4 is 9.47 Å². The van der Waals surface area contributed by atoms with Gasteiger partial charge >= 0.3 is 0 Å². The molecule has 0 saturated carbocycles. The second-order valence-corrected chi connectivity index (χ2v) is 8.17. The number of benzene rings is 3. The normalized spacial score (nSPS) is 11.6. The van der Waals surface area contributed by atoms with Gasteiger partial charge in [-0.05, 0) is 55.3 Å². The summed E-state index contributed by atoms with van der Waals surface area (Å²) in [5, 5.41) is 11.9. The molecule has 0 spiro atoms. The Labute approximate surface area is 209 Å². The van der Waals surface area contributed by atoms with Gasteiger partial charge in [0.25, 0.3) is 0 Å². The number of H-pyrrole nitrogens is 1. The van der Waals surface area contributed by atoms with Gasteiger partial charge in [0.15, 0.2) is 17.4 Å². The first-order valence-corrected chi connectivity index (χ1v) is 12.0. The molecule has 3 aromatic carbocycles. The Hall–Kier alpha value is -4.58. The molecule has 5 rings (SSSR count). The number of hydrogen-bond acceptors (Lipinski definition) is 5. The van der Waals surface area contributed by atoms with Crippen LogP contribution in [0.4, 0.5) is 5.69 Å². The van der Waals surface area contributed by atoms with Crippen molar-refractivity contribution in [2.75, 3.05) is 13.2 Å². The van der Waals surface area contributed by atoms with Crippen molar-refractivity contribution < 1.29 is 14.6 Å². The van der Waals surface area contributed by atoms with Crippen LogP contribution in [0.5, 0.6) is 17.4 Å². The van der Waals surface area contributed by atoms with Crippen molar-refractivity contribution in [1.82, 2.24) is 9.97 Å². The van der Waals surface area contributed by atoms with Crippen molar-refractivity contribution in [3.8, 4) is 28.5 Å². The highest BCUT2D eigenvalue weighted by Gasteiger charge is 2.21. The first-order chi connectivity index (χ1) is 17.7. The third kappa shape index (κ3) is 4.66. The smallest absolute Gasteiger partial charge is 0.199 e. The summed E-state index contributed by atoms with van der Waals surface area (Å²) in [4.78, 5) is 12.2. The van der Waals surface area contributed by atoms with Gasteiger partial charge in [-0.3, -0.25) is 4.98 Å². The highest BCUT2D eigenvalue weighted by molar-refractivity contribution is 6.22. The zero-order valence-corrected chi connectivity index (χ0v) is 20.2. The van der Waals surface area contributed by atoms with Crippen molar-refractivity contribution >= 4 is 22.3 Å². The third-order valence-electron chi connectivity index (χ3n) is 5.85. The fourth-order valence-electron chi connectivity index (χ4n) is 4.23. The fourth-order valence-corrected chi connectivity index (χ4v) is 4.23. The highest BCUT2D eigenvalue weighted by atomic mass is 16.5. The Bertz CT molecular complexity index is 1490. The molecule has 0 unspecified atom stereocenters. The SMILES string of the molecule is CCOc1cc2[nH]c(O)c(C(=Nc3ccc(-c4ccncc4)cc3)c3ccccc3)c2cc1OCC. The number of nitrogens with one attached hydrogen (secondary N) is 1. The predicted molar refractivity (Wildman–Crippen MR) is 144 cm³/mol. The Morgan fingerprint density at radius 3 is 2.14 bits per heavy atom. The molecule has 0 saturated heterocycles. The van der Waals surface area contributed by atoms with Crippen LogP contribution in [0.2, 0.25) is 0 Å². The standard InChI is InChI=1S/C30H27N3O3/c1-3-35-26-18-24-25(19-27(26)36-4-2)33-30(34)28(24)29(22-8-6-5-7-9-22)32-23-12-10-20(11-13-23)21-14-16-31-17-15-21/h5-19,33-34H,3-4H2,1-2H3. The van der Waals surface area contributed by atoms with Crippen LogP contribution in [0.3, 0.4) is 0 Å². The monoisotopic (exact) mass is 477 g/mol. The topological polar surface area (TPSA) is 79.7 Å². The van der Waals surface area contributed by atoms with E-state index in [0.717, 1.165) is 33.3 Å². The molecule has 0 fully saturated rings. The third-order valence-corrected chi connectivity index (χ3v) is 5.85. The van der Waals surface area contributed by atoms with Crippen LogP contribution in [0.25, 0.3) is 22.0 Å². The number of pyridine rings is 1. The molecule has 0 atom stereocenters. The van der Waals surface area contributed by atoms with Crippen molar-refractivity contribution in [2.45, 2.75) is 13.8 Å². The molecule has 180 valence electrons. The lowest BCUT2D eigenvalue weighted by atomic mass is 10.0. The van der Waals surface area contributed by atoms with E-state index in [1.807, 2.05) is 92.7 Å². The maximum Gasteiger partial charge on any atom is 0.199 e. The predicted octanol–water partition coefficient (Wildman–Crippen LogP) is 6.90. The molecule has 6 nitrogen and oxygen atoms in total. The number of aliphatic imine (C=N–C) groups is 1. The quantitative estimate of drug-likeness (QED) is 0.238. The van der Waals surface area contributed by atoms with Crippen LogP contribution in [0.1, 0.15) is 25.0 Å². The van der Waals surface area contributed by atoms with Crippen molar-refractivity contribution in [3.63, 3.8) is 0 Å². The molecule has 36 heavy (non-hydrogen) atoms. The van der Waals surface area contributed by atoms with Crippen LogP contribution >= 0.6 is 0 Å². The van der Waals surface area contributed by atoms with Crippen LogP contribution in [0, 0.1) is 0 Å². The zero-order valence-electron chi connectivity index (χ0n) is 20.2. The van der Waals surface area contributed by atoms with E-state index in [4.69, 9.17) is 14.5 Å². The number of fused-ring (bicyclic) bond motifs is 1. The van der Waals surface area contributed by atoms with Gasteiger partial charge in [0.05, 0.1) is 35.7 Å². The zero-order chi connectivity index (χ0) is 24.9. The first kappa shape index (κ1) is 23.2. The van der Waals surface area contributed by atoms with E-state index in [1.54, 1.807) is 12.4 Å². The van der Waals surface area contributed by atoms with Gasteiger partial charge in [0.2, 0.25) is 0 Å². The Morgan fingerprint density at radius 1 is 0.833 bits per heavy atom. The average Bonchev–Trinajstić information content (AvgIpc) is 3.23. The maximum atomic E-state index is 11.1. The molecule has 6 heteroatoms. The summed E-state index contributed by atoms with van der Waals surface area (Å²) in [6.45, 7) is 4.87. The van der Waals surface area contributed by atoms with E-state index in [0.29, 0.717) is 36.0 Å². The molecule has 0 aliphatic heterocycles. The lowest BCUT2D eigenvalue weighted by molar-refractivity contribution is 0.288. The second-order valence-electron chi connectivity index (χ2n) is 8.17. The minimum absolute atomic E-state index is 0.0390. The molecular weight excluding hydrogens is 450 g/mol. The van der Waals surface area contributed by atoms with Crippen molar-refractivity contribution in [1.29, 1.82) is 0 Å². The first-order valence-electron chi connectivity index (χ1n) is 12.0. The number of aromatic nitrogens is 2. The van der Waals surface area contributed by atoms with Gasteiger partial charge in [-0.2, -0.15) is 0 Å². The van der Waals surface area contributed by atoms with Crippen molar-refractivity contribution in [2.24, 2.45) is 4.99 Å². The molecular formula is C30H27N3O3. The largest absolute Gasteiger partial charge is 0.494 e.